The van der Waals surface area contributed by atoms with E-state index in [9.17, 15) is 10.1 Å². The van der Waals surface area contributed by atoms with E-state index in [4.69, 9.17) is 0 Å². The normalized spacial score (nSPS) is 10.4. The lowest BCUT2D eigenvalue weighted by molar-refractivity contribution is 0.0948. The van der Waals surface area contributed by atoms with Gasteiger partial charge in [-0.25, -0.2) is 9.97 Å². The number of carbonyl (C=O) groups excluding carboxylic acids is 1. The highest BCUT2D eigenvalue weighted by molar-refractivity contribution is 5.91. The molecule has 1 amide bonds. The molecule has 27 heavy (non-hydrogen) atoms. The fourth-order valence-corrected chi connectivity index (χ4v) is 2.85. The van der Waals surface area contributed by atoms with Crippen LogP contribution < -0.4 is 10.6 Å². The summed E-state index contributed by atoms with van der Waals surface area (Å²) in [4.78, 5) is 24.3. The molecule has 7 heteroatoms. The third-order valence-corrected chi connectivity index (χ3v) is 4.13. The van der Waals surface area contributed by atoms with Gasteiger partial charge in [0.2, 0.25) is 0 Å². The minimum atomic E-state index is -0.254. The van der Waals surface area contributed by atoms with Gasteiger partial charge in [0, 0.05) is 30.9 Å². The van der Waals surface area contributed by atoms with Crippen LogP contribution >= 0.6 is 0 Å². The third kappa shape index (κ3) is 4.36. The fourth-order valence-electron chi connectivity index (χ4n) is 2.85. The zero-order valence-corrected chi connectivity index (χ0v) is 15.3. The van der Waals surface area contributed by atoms with Crippen molar-refractivity contribution in [2.75, 3.05) is 18.4 Å². The number of amides is 1. The van der Waals surface area contributed by atoms with Crippen LogP contribution in [0.4, 0.5) is 5.82 Å². The molecule has 136 valence electrons. The number of fused-ring (bicyclic) bond motifs is 1. The second-order valence-electron chi connectivity index (χ2n) is 6.27. The molecular formula is C20H20N6O. The molecule has 0 aliphatic heterocycles. The van der Waals surface area contributed by atoms with Gasteiger partial charge in [-0.2, -0.15) is 5.26 Å². The van der Waals surface area contributed by atoms with E-state index in [0.29, 0.717) is 36.6 Å². The molecule has 0 radical (unpaired) electrons. The molecule has 0 atom stereocenters. The first-order valence-corrected chi connectivity index (χ1v) is 8.68. The number of hydrogen-bond acceptors (Lipinski definition) is 6. The van der Waals surface area contributed by atoms with Crippen LogP contribution in [0, 0.1) is 25.2 Å². The van der Waals surface area contributed by atoms with E-state index < -0.39 is 0 Å². The number of benzene rings is 1. The van der Waals surface area contributed by atoms with Gasteiger partial charge in [-0.05, 0) is 43.5 Å². The highest BCUT2D eigenvalue weighted by atomic mass is 16.1. The summed E-state index contributed by atoms with van der Waals surface area (Å²) in [5.74, 6) is 0.311. The van der Waals surface area contributed by atoms with E-state index in [0.717, 1.165) is 22.0 Å². The van der Waals surface area contributed by atoms with Crippen LogP contribution in [0.15, 0.2) is 36.8 Å². The first kappa shape index (κ1) is 18.3. The maximum Gasteiger partial charge on any atom is 0.271 e. The number of anilines is 1. The van der Waals surface area contributed by atoms with Gasteiger partial charge < -0.3 is 10.6 Å². The SMILES string of the molecule is Cc1cc(C)c2cc(C#N)c(NCCCNC(=O)c3cnccn3)nc2c1. The lowest BCUT2D eigenvalue weighted by atomic mass is 10.0. The van der Waals surface area contributed by atoms with E-state index in [1.807, 2.05) is 26.0 Å². The summed E-state index contributed by atoms with van der Waals surface area (Å²) >= 11 is 0. The second kappa shape index (κ2) is 8.23. The predicted octanol–water partition coefficient (Wildman–Crippen LogP) is 2.75. The summed E-state index contributed by atoms with van der Waals surface area (Å²) in [5.41, 5.74) is 3.91. The average molecular weight is 360 g/mol. The molecular weight excluding hydrogens is 340 g/mol. The molecule has 0 aliphatic rings. The van der Waals surface area contributed by atoms with Gasteiger partial charge in [-0.3, -0.25) is 9.78 Å². The highest BCUT2D eigenvalue weighted by Gasteiger charge is 2.09. The summed E-state index contributed by atoms with van der Waals surface area (Å²) in [6.45, 7) is 5.11. The third-order valence-electron chi connectivity index (χ3n) is 4.13. The predicted molar refractivity (Wildman–Crippen MR) is 103 cm³/mol. The van der Waals surface area contributed by atoms with Crippen molar-refractivity contribution in [2.24, 2.45) is 0 Å². The van der Waals surface area contributed by atoms with Crippen molar-refractivity contribution in [2.45, 2.75) is 20.3 Å². The fraction of sp³-hybridized carbons (Fsp3) is 0.250. The monoisotopic (exact) mass is 360 g/mol. The molecule has 0 aliphatic carbocycles. The van der Waals surface area contributed by atoms with E-state index >= 15 is 0 Å². The maximum atomic E-state index is 11.9. The maximum absolute atomic E-state index is 11.9. The number of pyridine rings is 1. The van der Waals surface area contributed by atoms with Crippen molar-refractivity contribution in [3.8, 4) is 6.07 Å². The van der Waals surface area contributed by atoms with E-state index in [1.165, 1.54) is 18.6 Å². The largest absolute Gasteiger partial charge is 0.369 e. The molecule has 0 unspecified atom stereocenters. The molecule has 7 nitrogen and oxygen atoms in total. The Bertz CT molecular complexity index is 1010. The van der Waals surface area contributed by atoms with Crippen molar-refractivity contribution in [3.63, 3.8) is 0 Å². The Kier molecular flexibility index (Phi) is 5.57. The summed E-state index contributed by atoms with van der Waals surface area (Å²) in [6.07, 6.45) is 5.11. The smallest absolute Gasteiger partial charge is 0.271 e. The van der Waals surface area contributed by atoms with Gasteiger partial charge in [0.1, 0.15) is 17.6 Å². The standard InChI is InChI=1S/C20H20N6O/c1-13-8-14(2)16-10-15(11-21)19(26-17(16)9-13)24-4-3-5-25-20(27)18-12-22-6-7-23-18/h6-10,12H,3-5H2,1-2H3,(H,24,26)(H,25,27). The lowest BCUT2D eigenvalue weighted by Gasteiger charge is -2.11. The molecule has 1 aromatic carbocycles. The number of aromatic nitrogens is 3. The van der Waals surface area contributed by atoms with Crippen molar-refractivity contribution < 1.29 is 4.79 Å². The van der Waals surface area contributed by atoms with Crippen molar-refractivity contribution in [3.05, 3.63) is 59.2 Å². The molecule has 0 fully saturated rings. The first-order chi connectivity index (χ1) is 13.1. The first-order valence-electron chi connectivity index (χ1n) is 8.68. The summed E-state index contributed by atoms with van der Waals surface area (Å²) < 4.78 is 0. The Morgan fingerprint density at radius 2 is 2.04 bits per heavy atom. The Labute approximate surface area is 157 Å². The lowest BCUT2D eigenvalue weighted by Crippen LogP contribution is -2.26. The molecule has 3 aromatic rings. The van der Waals surface area contributed by atoms with Crippen LogP contribution in [-0.2, 0) is 0 Å². The highest BCUT2D eigenvalue weighted by Crippen LogP contribution is 2.24. The Hall–Kier alpha value is -3.53. The summed E-state index contributed by atoms with van der Waals surface area (Å²) in [5, 5.41) is 16.4. The van der Waals surface area contributed by atoms with Gasteiger partial charge in [-0.15, -0.1) is 0 Å². The van der Waals surface area contributed by atoms with Gasteiger partial charge in [0.15, 0.2) is 0 Å². The van der Waals surface area contributed by atoms with Crippen molar-refractivity contribution >= 4 is 22.6 Å². The number of nitriles is 1. The average Bonchev–Trinajstić information content (AvgIpc) is 2.67. The van der Waals surface area contributed by atoms with Crippen LogP contribution in [0.3, 0.4) is 0 Å². The van der Waals surface area contributed by atoms with Crippen LogP contribution in [0.5, 0.6) is 0 Å². The molecule has 2 aromatic heterocycles. The van der Waals surface area contributed by atoms with Gasteiger partial charge >= 0.3 is 0 Å². The van der Waals surface area contributed by atoms with Gasteiger partial charge in [-0.1, -0.05) is 6.07 Å². The molecule has 2 heterocycles. The topological polar surface area (TPSA) is 104 Å². The molecule has 3 rings (SSSR count). The number of hydrogen-bond donors (Lipinski definition) is 2. The Balaban J connectivity index is 1.60. The van der Waals surface area contributed by atoms with Crippen molar-refractivity contribution in [1.29, 1.82) is 5.26 Å². The molecule has 0 spiro atoms. The molecule has 0 bridgehead atoms. The quantitative estimate of drug-likeness (QED) is 0.655. The molecule has 0 saturated heterocycles. The van der Waals surface area contributed by atoms with Gasteiger partial charge in [0.25, 0.3) is 5.91 Å². The number of aryl methyl sites for hydroxylation is 2. The summed E-state index contributed by atoms with van der Waals surface area (Å²) in [6, 6.07) is 8.16. The van der Waals surface area contributed by atoms with Crippen molar-refractivity contribution in [1.82, 2.24) is 20.3 Å². The zero-order valence-electron chi connectivity index (χ0n) is 15.3. The number of rotatable bonds is 6. The Morgan fingerprint density at radius 3 is 2.78 bits per heavy atom. The number of nitrogens with one attached hydrogen (secondary N) is 2. The molecule has 0 saturated carbocycles. The Morgan fingerprint density at radius 1 is 1.19 bits per heavy atom. The molecule has 2 N–H and O–H groups in total. The van der Waals surface area contributed by atoms with Crippen LogP contribution in [0.25, 0.3) is 10.9 Å². The van der Waals surface area contributed by atoms with Gasteiger partial charge in [0.05, 0.1) is 17.3 Å². The minimum absolute atomic E-state index is 0.254. The van der Waals surface area contributed by atoms with E-state index in [-0.39, 0.29) is 5.91 Å². The van der Waals surface area contributed by atoms with E-state index in [1.54, 1.807) is 0 Å². The van der Waals surface area contributed by atoms with Crippen LogP contribution in [-0.4, -0.2) is 33.9 Å². The number of nitrogens with zero attached hydrogens (tertiary/aromatic N) is 4. The zero-order chi connectivity index (χ0) is 19.2. The van der Waals surface area contributed by atoms with Crippen LogP contribution in [0.1, 0.15) is 33.6 Å². The van der Waals surface area contributed by atoms with E-state index in [2.05, 4.69) is 37.7 Å². The number of carbonyl (C=O) groups is 1. The van der Waals surface area contributed by atoms with Crippen LogP contribution in [0.2, 0.25) is 0 Å². The minimum Gasteiger partial charge on any atom is -0.369 e. The summed E-state index contributed by atoms with van der Waals surface area (Å²) in [7, 11) is 0. The second-order valence-corrected chi connectivity index (χ2v) is 6.27.